The van der Waals surface area contributed by atoms with Crippen molar-refractivity contribution in [2.75, 3.05) is 13.7 Å². The van der Waals surface area contributed by atoms with E-state index in [4.69, 9.17) is 19.9 Å². The van der Waals surface area contributed by atoms with E-state index in [-0.39, 0.29) is 30.3 Å². The third kappa shape index (κ3) is 5.70. The molecule has 0 aliphatic rings. The number of aromatic nitrogens is 2. The second-order valence-electron chi connectivity index (χ2n) is 8.08. The average molecular weight is 462 g/mol. The Morgan fingerprint density at radius 1 is 1.27 bits per heavy atom. The van der Waals surface area contributed by atoms with E-state index in [2.05, 4.69) is 10.4 Å². The lowest BCUT2D eigenvalue weighted by molar-refractivity contribution is 0.197. The number of benzene rings is 1. The molecule has 178 valence electrons. The number of hydrogen-bond donors (Lipinski definition) is 2. The van der Waals surface area contributed by atoms with E-state index in [0.717, 1.165) is 25.0 Å². The molecule has 1 atom stereocenters. The first-order valence-corrected chi connectivity index (χ1v) is 10.5. The maximum Gasteiger partial charge on any atom is 0.412 e. The minimum absolute atomic E-state index is 0.155. The maximum atomic E-state index is 14.0. The lowest BCUT2D eigenvalue weighted by Gasteiger charge is -2.23. The molecule has 3 rings (SSSR count). The van der Waals surface area contributed by atoms with Gasteiger partial charge in [-0.3, -0.25) is 0 Å². The number of nitrogens with two attached hydrogens (primary N) is 1. The van der Waals surface area contributed by atoms with Crippen molar-refractivity contribution in [2.45, 2.75) is 45.8 Å². The Labute approximate surface area is 190 Å². The number of nitrogens with one attached hydrogen (secondary N) is 1. The van der Waals surface area contributed by atoms with Crippen LogP contribution < -0.4 is 25.3 Å². The highest BCUT2D eigenvalue weighted by atomic mass is 19.1. The zero-order valence-corrected chi connectivity index (χ0v) is 19.1. The maximum absolute atomic E-state index is 14.0. The van der Waals surface area contributed by atoms with E-state index in [9.17, 15) is 13.6 Å². The Morgan fingerprint density at radius 2 is 1.97 bits per heavy atom. The lowest BCUT2D eigenvalue weighted by atomic mass is 9.98. The van der Waals surface area contributed by atoms with Crippen molar-refractivity contribution in [3.63, 3.8) is 0 Å². The van der Waals surface area contributed by atoms with Crippen molar-refractivity contribution in [1.82, 2.24) is 14.9 Å². The summed E-state index contributed by atoms with van der Waals surface area (Å²) in [5.41, 5.74) is 6.17. The van der Waals surface area contributed by atoms with Crippen LogP contribution in [0.5, 0.6) is 17.4 Å². The minimum atomic E-state index is -0.721. The molecule has 10 heteroatoms. The Kier molecular flexibility index (Phi) is 7.37. The first-order valence-electron chi connectivity index (χ1n) is 10.5. The summed E-state index contributed by atoms with van der Waals surface area (Å²) in [7, 11) is 1.46. The predicted molar refractivity (Wildman–Crippen MR) is 119 cm³/mol. The van der Waals surface area contributed by atoms with Crippen molar-refractivity contribution in [3.8, 4) is 17.4 Å². The summed E-state index contributed by atoms with van der Waals surface area (Å²) in [5.74, 6) is -0.706. The third-order valence-electron chi connectivity index (χ3n) is 5.11. The fraction of sp³-hybridized carbons (Fsp3) is 0.391. The third-order valence-corrected chi connectivity index (χ3v) is 5.11. The quantitative estimate of drug-likeness (QED) is 0.496. The largest absolute Gasteiger partial charge is 0.496 e. The van der Waals surface area contributed by atoms with Crippen molar-refractivity contribution in [3.05, 3.63) is 53.2 Å². The zero-order valence-electron chi connectivity index (χ0n) is 19.1. The number of carbonyl (C=O) groups excluding carboxylic acids is 1. The van der Waals surface area contributed by atoms with Crippen LogP contribution in [0.25, 0.3) is 5.52 Å². The SMILES string of the molecule is CCCC(C)(N)CNC(=O)Oc1c(C)nn2c(OCc3c(F)cccc3F)cc(OC)cc12. The van der Waals surface area contributed by atoms with Crippen LogP contribution in [-0.4, -0.2) is 34.9 Å². The molecule has 2 aromatic heterocycles. The molecule has 2 heterocycles. The Hall–Kier alpha value is -3.40. The van der Waals surface area contributed by atoms with Gasteiger partial charge in [-0.25, -0.2) is 13.6 Å². The number of nitrogens with zero attached hydrogens (tertiary/aromatic N) is 2. The molecule has 0 aliphatic carbocycles. The molecule has 1 aromatic carbocycles. The second-order valence-corrected chi connectivity index (χ2v) is 8.08. The molecule has 0 bridgehead atoms. The average Bonchev–Trinajstić information content (AvgIpc) is 3.07. The van der Waals surface area contributed by atoms with Crippen molar-refractivity contribution >= 4 is 11.6 Å². The van der Waals surface area contributed by atoms with E-state index < -0.39 is 23.3 Å². The van der Waals surface area contributed by atoms with Crippen LogP contribution in [0, 0.1) is 18.6 Å². The highest BCUT2D eigenvalue weighted by Gasteiger charge is 2.22. The van der Waals surface area contributed by atoms with Crippen LogP contribution >= 0.6 is 0 Å². The number of amides is 1. The van der Waals surface area contributed by atoms with Gasteiger partial charge in [0.25, 0.3) is 0 Å². The van der Waals surface area contributed by atoms with Crippen LogP contribution in [0.2, 0.25) is 0 Å². The van der Waals surface area contributed by atoms with E-state index in [0.29, 0.717) is 17.0 Å². The topological polar surface area (TPSA) is 100 Å². The first kappa shape index (κ1) is 24.2. The smallest absolute Gasteiger partial charge is 0.412 e. The van der Waals surface area contributed by atoms with Crippen molar-refractivity contribution < 1.29 is 27.8 Å². The molecule has 0 aliphatic heterocycles. The monoisotopic (exact) mass is 462 g/mol. The van der Waals surface area contributed by atoms with Crippen LogP contribution in [-0.2, 0) is 6.61 Å². The number of pyridine rings is 1. The van der Waals surface area contributed by atoms with Gasteiger partial charge < -0.3 is 25.3 Å². The minimum Gasteiger partial charge on any atom is -0.496 e. The number of ether oxygens (including phenoxy) is 3. The van der Waals surface area contributed by atoms with Gasteiger partial charge in [0.2, 0.25) is 5.88 Å². The van der Waals surface area contributed by atoms with E-state index >= 15 is 0 Å². The first-order chi connectivity index (χ1) is 15.6. The summed E-state index contributed by atoms with van der Waals surface area (Å²) in [4.78, 5) is 12.4. The summed E-state index contributed by atoms with van der Waals surface area (Å²) >= 11 is 0. The summed E-state index contributed by atoms with van der Waals surface area (Å²) in [6, 6.07) is 6.71. The summed E-state index contributed by atoms with van der Waals surface area (Å²) in [6.45, 7) is 5.39. The normalized spacial score (nSPS) is 12.9. The predicted octanol–water partition coefficient (Wildman–Crippen LogP) is 4.11. The number of halogens is 2. The molecule has 0 saturated heterocycles. The molecule has 1 unspecified atom stereocenters. The number of fused-ring (bicyclic) bond motifs is 1. The Bertz CT molecular complexity index is 1130. The Morgan fingerprint density at radius 3 is 2.61 bits per heavy atom. The number of carbonyl (C=O) groups is 1. The molecular formula is C23H28F2N4O4. The van der Waals surface area contributed by atoms with Gasteiger partial charge in [0, 0.05) is 24.2 Å². The molecule has 8 nitrogen and oxygen atoms in total. The lowest BCUT2D eigenvalue weighted by Crippen LogP contribution is -2.48. The van der Waals surface area contributed by atoms with Gasteiger partial charge in [0.15, 0.2) is 5.75 Å². The van der Waals surface area contributed by atoms with Gasteiger partial charge in [-0.05, 0) is 32.4 Å². The second kappa shape index (κ2) is 10.0. The van der Waals surface area contributed by atoms with Gasteiger partial charge in [-0.1, -0.05) is 19.4 Å². The molecule has 0 saturated carbocycles. The van der Waals surface area contributed by atoms with E-state index in [1.54, 1.807) is 13.0 Å². The van der Waals surface area contributed by atoms with E-state index in [1.165, 1.54) is 23.8 Å². The van der Waals surface area contributed by atoms with Gasteiger partial charge >= 0.3 is 6.09 Å². The molecule has 1 amide bonds. The summed E-state index contributed by atoms with van der Waals surface area (Å²) in [5, 5.41) is 7.03. The van der Waals surface area contributed by atoms with Crippen LogP contribution in [0.1, 0.15) is 37.9 Å². The number of methoxy groups -OCH3 is 1. The zero-order chi connectivity index (χ0) is 24.2. The highest BCUT2D eigenvalue weighted by molar-refractivity contribution is 5.76. The fourth-order valence-electron chi connectivity index (χ4n) is 3.41. The molecule has 3 aromatic rings. The standard InChI is InChI=1S/C23H28F2N4O4/c1-5-9-23(3,26)13-27-22(30)33-21-14(2)28-29-19(21)10-15(31-4)11-20(29)32-12-16-17(24)7-6-8-18(16)25/h6-8,10-11H,5,9,12-13,26H2,1-4H3,(H,27,30). The van der Waals surface area contributed by atoms with Crippen LogP contribution in [0.3, 0.4) is 0 Å². The van der Waals surface area contributed by atoms with Crippen molar-refractivity contribution in [1.29, 1.82) is 0 Å². The Balaban J connectivity index is 1.86. The molecule has 0 fully saturated rings. The van der Waals surface area contributed by atoms with Gasteiger partial charge in [0.1, 0.15) is 35.2 Å². The molecule has 0 spiro atoms. The number of rotatable bonds is 9. The summed E-state index contributed by atoms with van der Waals surface area (Å²) in [6.07, 6.45) is 0.944. The van der Waals surface area contributed by atoms with Crippen LogP contribution in [0.4, 0.5) is 13.6 Å². The fourth-order valence-corrected chi connectivity index (χ4v) is 3.41. The highest BCUT2D eigenvalue weighted by Crippen LogP contribution is 2.32. The number of aryl methyl sites for hydroxylation is 1. The van der Waals surface area contributed by atoms with E-state index in [1.807, 2.05) is 13.8 Å². The number of hydrogen-bond acceptors (Lipinski definition) is 6. The van der Waals surface area contributed by atoms with Gasteiger partial charge in [-0.2, -0.15) is 9.61 Å². The molecule has 0 radical (unpaired) electrons. The van der Waals surface area contributed by atoms with Gasteiger partial charge in [-0.15, -0.1) is 0 Å². The molecular weight excluding hydrogens is 434 g/mol. The van der Waals surface area contributed by atoms with Gasteiger partial charge in [0.05, 0.1) is 12.7 Å². The summed E-state index contributed by atoms with van der Waals surface area (Å²) < 4.78 is 45.8. The van der Waals surface area contributed by atoms with Crippen molar-refractivity contribution in [2.24, 2.45) is 5.73 Å². The molecule has 33 heavy (non-hydrogen) atoms. The van der Waals surface area contributed by atoms with Crippen LogP contribution in [0.15, 0.2) is 30.3 Å². The molecule has 3 N–H and O–H groups in total.